The number of ether oxygens (including phenoxy) is 2. The van der Waals surface area contributed by atoms with Gasteiger partial charge >= 0.3 is 11.9 Å². The number of thioether (sulfide) groups is 2. The number of rotatable bonds is 14. The zero-order valence-electron chi connectivity index (χ0n) is 28.5. The van der Waals surface area contributed by atoms with Crippen molar-refractivity contribution in [3.05, 3.63) is 132 Å². The Morgan fingerprint density at radius 2 is 0.925 bits per heavy atom. The van der Waals surface area contributed by atoms with Gasteiger partial charge in [0.15, 0.2) is 10.3 Å². The molecule has 0 bridgehead atoms. The molecule has 0 fully saturated rings. The molecule has 0 unspecified atom stereocenters. The van der Waals surface area contributed by atoms with Crippen LogP contribution in [0.15, 0.2) is 120 Å². The highest BCUT2D eigenvalue weighted by Gasteiger charge is 2.22. The van der Waals surface area contributed by atoms with Gasteiger partial charge < -0.3 is 20.1 Å². The number of benzene rings is 4. The molecule has 16 heteroatoms. The molecule has 2 amide bonds. The molecule has 2 heterocycles. The normalized spacial score (nSPS) is 10.8. The third-order valence-corrected chi connectivity index (χ3v) is 9.45. The lowest BCUT2D eigenvalue weighted by atomic mass is 10.2. The second kappa shape index (κ2) is 17.3. The summed E-state index contributed by atoms with van der Waals surface area (Å²) < 4.78 is 13.2. The van der Waals surface area contributed by atoms with Crippen LogP contribution in [0.25, 0.3) is 11.4 Å². The number of anilines is 2. The molecule has 6 rings (SSSR count). The van der Waals surface area contributed by atoms with E-state index < -0.39 is 11.9 Å². The van der Waals surface area contributed by atoms with Gasteiger partial charge in [-0.1, -0.05) is 59.9 Å². The summed E-state index contributed by atoms with van der Waals surface area (Å²) in [5.74, 6) is -0.244. The maximum atomic E-state index is 12.9. The number of nitrogens with zero attached hydrogens (tertiary/aromatic N) is 6. The molecule has 0 atom stereocenters. The van der Waals surface area contributed by atoms with Crippen LogP contribution >= 0.6 is 23.5 Å². The highest BCUT2D eigenvalue weighted by Crippen LogP contribution is 2.27. The van der Waals surface area contributed by atoms with Gasteiger partial charge in [0.05, 0.1) is 43.3 Å². The minimum absolute atomic E-state index is 0.0438. The predicted molar refractivity (Wildman–Crippen MR) is 200 cm³/mol. The van der Waals surface area contributed by atoms with Crippen molar-refractivity contribution in [2.24, 2.45) is 0 Å². The molecular weight excluding hydrogens is 717 g/mol. The molecule has 0 radical (unpaired) electrons. The van der Waals surface area contributed by atoms with E-state index in [9.17, 15) is 19.2 Å². The van der Waals surface area contributed by atoms with Crippen molar-refractivity contribution < 1.29 is 28.7 Å². The lowest BCUT2D eigenvalue weighted by Crippen LogP contribution is -2.15. The monoisotopic (exact) mass is 748 g/mol. The first-order valence-corrected chi connectivity index (χ1v) is 18.0. The van der Waals surface area contributed by atoms with Gasteiger partial charge in [-0.25, -0.2) is 9.59 Å². The van der Waals surface area contributed by atoms with Gasteiger partial charge in [0, 0.05) is 22.7 Å². The lowest BCUT2D eigenvalue weighted by molar-refractivity contribution is -0.114. The SMILES string of the molecule is COC(=O)c1ccc(NC(=O)CSc2nnc(Cc3nnc(SCC(=O)Nc4ccc(C(=O)OC)cc4)n3-c3ccccc3)n2-c2ccccc2)cc1. The quantitative estimate of drug-likeness (QED) is 0.106. The second-order valence-electron chi connectivity index (χ2n) is 11.1. The van der Waals surface area contributed by atoms with Gasteiger partial charge in [-0.15, -0.1) is 20.4 Å². The van der Waals surface area contributed by atoms with Crippen LogP contribution in [0.3, 0.4) is 0 Å². The van der Waals surface area contributed by atoms with Gasteiger partial charge in [0.2, 0.25) is 11.8 Å². The van der Waals surface area contributed by atoms with Crippen molar-refractivity contribution in [2.75, 3.05) is 36.4 Å². The average molecular weight is 749 g/mol. The van der Waals surface area contributed by atoms with Crippen LogP contribution in [0.2, 0.25) is 0 Å². The van der Waals surface area contributed by atoms with Crippen molar-refractivity contribution in [3.63, 3.8) is 0 Å². The molecule has 0 saturated heterocycles. The second-order valence-corrected chi connectivity index (χ2v) is 13.0. The lowest BCUT2D eigenvalue weighted by Gasteiger charge is -2.12. The van der Waals surface area contributed by atoms with Crippen molar-refractivity contribution in [2.45, 2.75) is 16.7 Å². The van der Waals surface area contributed by atoms with E-state index in [0.717, 1.165) is 11.4 Å². The molecule has 53 heavy (non-hydrogen) atoms. The molecule has 0 saturated carbocycles. The average Bonchev–Trinajstić information content (AvgIpc) is 3.80. The molecule has 14 nitrogen and oxygen atoms in total. The van der Waals surface area contributed by atoms with Crippen LogP contribution in [0.5, 0.6) is 0 Å². The number of carbonyl (C=O) groups excluding carboxylic acids is 4. The van der Waals surface area contributed by atoms with E-state index in [0.29, 0.717) is 44.5 Å². The fourth-order valence-electron chi connectivity index (χ4n) is 5.10. The summed E-state index contributed by atoms with van der Waals surface area (Å²) in [5.41, 5.74) is 3.42. The maximum Gasteiger partial charge on any atom is 0.337 e. The first-order chi connectivity index (χ1) is 25.8. The van der Waals surface area contributed by atoms with Crippen molar-refractivity contribution >= 4 is 58.7 Å². The van der Waals surface area contributed by atoms with E-state index >= 15 is 0 Å². The van der Waals surface area contributed by atoms with Gasteiger partial charge in [0.25, 0.3) is 0 Å². The Balaban J connectivity index is 1.19. The first kappa shape index (κ1) is 36.5. The fraction of sp³-hybridized carbons (Fsp3) is 0.135. The number of hydrogen-bond donors (Lipinski definition) is 2. The van der Waals surface area contributed by atoms with Crippen LogP contribution in [-0.2, 0) is 25.5 Å². The van der Waals surface area contributed by atoms with Gasteiger partial charge in [0.1, 0.15) is 11.6 Å². The number of nitrogens with one attached hydrogen (secondary N) is 2. The number of carbonyl (C=O) groups is 4. The third kappa shape index (κ3) is 9.16. The van der Waals surface area contributed by atoms with E-state index in [-0.39, 0.29) is 29.7 Å². The Bertz CT molecular complexity index is 2050. The predicted octanol–water partition coefficient (Wildman–Crippen LogP) is 5.47. The Kier molecular flexibility index (Phi) is 11.9. The van der Waals surface area contributed by atoms with Crippen molar-refractivity contribution in [1.29, 1.82) is 0 Å². The smallest absolute Gasteiger partial charge is 0.337 e. The maximum absolute atomic E-state index is 12.9. The van der Waals surface area contributed by atoms with Crippen LogP contribution in [0.4, 0.5) is 11.4 Å². The Hall–Kier alpha value is -6.26. The molecule has 6 aromatic rings. The number of methoxy groups -OCH3 is 2. The molecule has 2 aromatic heterocycles. The summed E-state index contributed by atoms with van der Waals surface area (Å²) in [4.78, 5) is 49.3. The molecule has 0 aliphatic rings. The Morgan fingerprint density at radius 1 is 0.547 bits per heavy atom. The highest BCUT2D eigenvalue weighted by atomic mass is 32.2. The summed E-state index contributed by atoms with van der Waals surface area (Å²) >= 11 is 2.44. The zero-order valence-corrected chi connectivity index (χ0v) is 30.1. The molecule has 0 aliphatic heterocycles. The Labute approximate surface area is 312 Å². The van der Waals surface area contributed by atoms with E-state index in [1.807, 2.05) is 69.8 Å². The van der Waals surface area contributed by atoms with Crippen molar-refractivity contribution in [1.82, 2.24) is 29.5 Å². The highest BCUT2D eigenvalue weighted by molar-refractivity contribution is 8.00. The minimum atomic E-state index is -0.462. The van der Waals surface area contributed by atoms with Gasteiger partial charge in [-0.3, -0.25) is 18.7 Å². The largest absolute Gasteiger partial charge is 0.465 e. The summed E-state index contributed by atoms with van der Waals surface area (Å²) in [7, 11) is 2.62. The molecule has 0 spiro atoms. The topological polar surface area (TPSA) is 172 Å². The van der Waals surface area contributed by atoms with Crippen LogP contribution < -0.4 is 10.6 Å². The summed E-state index contributed by atoms with van der Waals surface area (Å²) in [5, 5.41) is 24.6. The summed E-state index contributed by atoms with van der Waals surface area (Å²) in [6.45, 7) is 0. The number of esters is 2. The van der Waals surface area contributed by atoms with Crippen molar-refractivity contribution in [3.8, 4) is 11.4 Å². The summed E-state index contributed by atoms with van der Waals surface area (Å²) in [6.07, 6.45) is 0.225. The van der Waals surface area contributed by atoms with Crippen LogP contribution in [-0.4, -0.2) is 79.0 Å². The van der Waals surface area contributed by atoms with E-state index in [1.54, 1.807) is 48.5 Å². The fourth-order valence-corrected chi connectivity index (χ4v) is 6.64. The molecule has 4 aromatic carbocycles. The number of amides is 2. The zero-order chi connectivity index (χ0) is 37.2. The van der Waals surface area contributed by atoms with E-state index in [2.05, 4.69) is 31.0 Å². The van der Waals surface area contributed by atoms with Crippen LogP contribution in [0, 0.1) is 0 Å². The van der Waals surface area contributed by atoms with Gasteiger partial charge in [-0.05, 0) is 72.8 Å². The van der Waals surface area contributed by atoms with E-state index in [1.165, 1.54) is 37.7 Å². The minimum Gasteiger partial charge on any atom is -0.465 e. The van der Waals surface area contributed by atoms with Crippen LogP contribution in [0.1, 0.15) is 32.4 Å². The molecule has 0 aliphatic carbocycles. The number of aromatic nitrogens is 6. The van der Waals surface area contributed by atoms with E-state index in [4.69, 9.17) is 9.47 Å². The van der Waals surface area contributed by atoms with Gasteiger partial charge in [-0.2, -0.15) is 0 Å². The Morgan fingerprint density at radius 3 is 1.28 bits per heavy atom. The number of para-hydroxylation sites is 2. The molecule has 268 valence electrons. The third-order valence-electron chi connectivity index (χ3n) is 7.59. The number of hydrogen-bond acceptors (Lipinski definition) is 12. The molecule has 2 N–H and O–H groups in total. The first-order valence-electron chi connectivity index (χ1n) is 16.0. The summed E-state index contributed by atoms with van der Waals surface area (Å²) in [6, 6.07) is 31.9. The molecular formula is C37H32N8O6S2. The standard InChI is InChI=1S/C37H32N8O6S2/c1-50-34(48)24-13-17-26(18-14-24)38-32(46)22-52-36-42-40-30(44(36)28-9-5-3-6-10-28)21-31-41-43-37(45(31)29-11-7-4-8-12-29)53-23-33(47)39-27-19-15-25(16-20-27)35(49)51-2/h3-20H,21-23H2,1-2H3,(H,38,46)(H,39,47).